The molecule has 0 aliphatic heterocycles. The minimum absolute atomic E-state index is 0.0650. The summed E-state index contributed by atoms with van der Waals surface area (Å²) in [7, 11) is 1.67. The van der Waals surface area contributed by atoms with Gasteiger partial charge in [-0.05, 0) is 79.3 Å². The minimum atomic E-state index is -0.0650. The molecule has 0 bridgehead atoms. The molecule has 0 fully saturated rings. The highest BCUT2D eigenvalue weighted by atomic mass is 16.5. The summed E-state index contributed by atoms with van der Waals surface area (Å²) in [6.45, 7) is 8.43. The van der Waals surface area contributed by atoms with Gasteiger partial charge in [0.05, 0.1) is 23.7 Å². The molecule has 4 nitrogen and oxygen atoms in total. The van der Waals surface area contributed by atoms with Gasteiger partial charge >= 0.3 is 0 Å². The van der Waals surface area contributed by atoms with Gasteiger partial charge in [-0.2, -0.15) is 0 Å². The average Bonchev–Trinajstić information content (AvgIpc) is 2.80. The third kappa shape index (κ3) is 3.74. The molecule has 1 unspecified atom stereocenters. The molecular formula is C27H28N2O2. The number of aryl methyl sites for hydroxylation is 2. The molecule has 0 amide bonds. The number of para-hydroxylation sites is 1. The fourth-order valence-corrected chi connectivity index (χ4v) is 3.99. The molecular weight excluding hydrogens is 384 g/mol. The molecule has 0 aliphatic carbocycles. The van der Waals surface area contributed by atoms with Crippen molar-refractivity contribution in [2.24, 2.45) is 0 Å². The highest BCUT2D eigenvalue weighted by molar-refractivity contribution is 5.81. The molecule has 4 rings (SSSR count). The van der Waals surface area contributed by atoms with Crippen molar-refractivity contribution in [2.45, 2.75) is 40.0 Å². The van der Waals surface area contributed by atoms with Crippen LogP contribution < -0.4 is 10.3 Å². The Morgan fingerprint density at radius 2 is 1.71 bits per heavy atom. The first kappa shape index (κ1) is 20.9. The second kappa shape index (κ2) is 8.38. The van der Waals surface area contributed by atoms with Crippen LogP contribution in [-0.2, 0) is 0 Å². The summed E-state index contributed by atoms with van der Waals surface area (Å²) in [5.41, 5.74) is 5.66. The predicted molar refractivity (Wildman–Crippen MR) is 128 cm³/mol. The van der Waals surface area contributed by atoms with Crippen molar-refractivity contribution in [3.05, 3.63) is 87.7 Å². The zero-order valence-corrected chi connectivity index (χ0v) is 18.8. The van der Waals surface area contributed by atoms with E-state index in [2.05, 4.69) is 32.0 Å². The molecule has 31 heavy (non-hydrogen) atoms. The van der Waals surface area contributed by atoms with E-state index >= 15 is 0 Å². The van der Waals surface area contributed by atoms with Crippen molar-refractivity contribution in [1.29, 1.82) is 0 Å². The van der Waals surface area contributed by atoms with Crippen molar-refractivity contribution < 1.29 is 4.74 Å². The van der Waals surface area contributed by atoms with E-state index in [9.17, 15) is 4.79 Å². The Labute approximate surface area is 183 Å². The Morgan fingerprint density at radius 1 is 1.00 bits per heavy atom. The predicted octanol–water partition coefficient (Wildman–Crippen LogP) is 6.19. The van der Waals surface area contributed by atoms with Gasteiger partial charge < -0.3 is 4.74 Å². The van der Waals surface area contributed by atoms with Crippen LogP contribution in [0.25, 0.3) is 28.0 Å². The standard InChI is InChI=1S/C27H28N2O2/c1-6-17(2)20-11-13-21(14-12-20)29-26(23-15-19(4)25(31-5)16-18(23)3)28-24-10-8-7-9-22(24)27(29)30/h7-17H,6H2,1-5H3. The van der Waals surface area contributed by atoms with Gasteiger partial charge in [-0.25, -0.2) is 4.98 Å². The van der Waals surface area contributed by atoms with Crippen molar-refractivity contribution >= 4 is 10.9 Å². The molecule has 158 valence electrons. The Balaban J connectivity index is 2.02. The number of aromatic nitrogens is 2. The first-order valence-corrected chi connectivity index (χ1v) is 10.7. The number of rotatable bonds is 5. The summed E-state index contributed by atoms with van der Waals surface area (Å²) in [6, 6.07) is 19.8. The first-order chi connectivity index (χ1) is 14.9. The Morgan fingerprint density at radius 3 is 2.39 bits per heavy atom. The molecule has 4 heteroatoms. The summed E-state index contributed by atoms with van der Waals surface area (Å²) in [6.07, 6.45) is 1.08. The topological polar surface area (TPSA) is 44.1 Å². The van der Waals surface area contributed by atoms with E-state index in [1.54, 1.807) is 11.7 Å². The Bertz CT molecular complexity index is 1300. The Hall–Kier alpha value is -3.40. The maximum absolute atomic E-state index is 13.6. The van der Waals surface area contributed by atoms with E-state index in [1.165, 1.54) is 5.56 Å². The second-order valence-electron chi connectivity index (χ2n) is 8.13. The molecule has 0 saturated heterocycles. The fraction of sp³-hybridized carbons (Fsp3) is 0.259. The largest absolute Gasteiger partial charge is 0.496 e. The lowest BCUT2D eigenvalue weighted by molar-refractivity contribution is 0.411. The SMILES string of the molecule is CCC(C)c1ccc(-n2c(-c3cc(C)c(OC)cc3C)nc3ccccc3c2=O)cc1. The number of hydrogen-bond donors (Lipinski definition) is 0. The monoisotopic (exact) mass is 412 g/mol. The number of nitrogens with zero attached hydrogens (tertiary/aromatic N) is 2. The molecule has 0 radical (unpaired) electrons. The van der Waals surface area contributed by atoms with Gasteiger partial charge in [0, 0.05) is 5.56 Å². The van der Waals surface area contributed by atoms with Crippen LogP contribution in [0.5, 0.6) is 5.75 Å². The van der Waals surface area contributed by atoms with E-state index in [0.29, 0.717) is 22.6 Å². The molecule has 1 aromatic heterocycles. The van der Waals surface area contributed by atoms with Crippen LogP contribution in [0.1, 0.15) is 42.9 Å². The summed E-state index contributed by atoms with van der Waals surface area (Å²) in [4.78, 5) is 18.6. The van der Waals surface area contributed by atoms with Crippen LogP contribution in [0.15, 0.2) is 65.5 Å². The van der Waals surface area contributed by atoms with Gasteiger partial charge in [0.1, 0.15) is 11.6 Å². The molecule has 0 spiro atoms. The summed E-state index contributed by atoms with van der Waals surface area (Å²) in [5, 5.41) is 0.611. The maximum atomic E-state index is 13.6. The quantitative estimate of drug-likeness (QED) is 0.392. The highest BCUT2D eigenvalue weighted by Crippen LogP contribution is 2.31. The smallest absolute Gasteiger partial charge is 0.266 e. The maximum Gasteiger partial charge on any atom is 0.266 e. The van der Waals surface area contributed by atoms with E-state index in [1.807, 2.05) is 56.3 Å². The van der Waals surface area contributed by atoms with Crippen LogP contribution in [0.3, 0.4) is 0 Å². The normalized spacial score (nSPS) is 12.2. The highest BCUT2D eigenvalue weighted by Gasteiger charge is 2.17. The lowest BCUT2D eigenvalue weighted by atomic mass is 9.98. The van der Waals surface area contributed by atoms with Gasteiger partial charge in [-0.1, -0.05) is 38.1 Å². The second-order valence-corrected chi connectivity index (χ2v) is 8.13. The van der Waals surface area contributed by atoms with Crippen molar-refractivity contribution in [3.63, 3.8) is 0 Å². The summed E-state index contributed by atoms with van der Waals surface area (Å²) >= 11 is 0. The molecule has 1 atom stereocenters. The van der Waals surface area contributed by atoms with Gasteiger partial charge in [0.15, 0.2) is 0 Å². The van der Waals surface area contributed by atoms with Gasteiger partial charge in [0.2, 0.25) is 0 Å². The van der Waals surface area contributed by atoms with Gasteiger partial charge in [-0.15, -0.1) is 0 Å². The van der Waals surface area contributed by atoms with E-state index < -0.39 is 0 Å². The first-order valence-electron chi connectivity index (χ1n) is 10.7. The Kier molecular flexibility index (Phi) is 5.64. The fourth-order valence-electron chi connectivity index (χ4n) is 3.99. The lowest BCUT2D eigenvalue weighted by Gasteiger charge is -2.18. The number of ether oxygens (including phenoxy) is 1. The van der Waals surface area contributed by atoms with Gasteiger partial charge in [0.25, 0.3) is 5.56 Å². The number of methoxy groups -OCH3 is 1. The molecule has 4 aromatic rings. The van der Waals surface area contributed by atoms with Crippen LogP contribution in [0.4, 0.5) is 0 Å². The van der Waals surface area contributed by atoms with Crippen LogP contribution in [-0.4, -0.2) is 16.7 Å². The van der Waals surface area contributed by atoms with Crippen molar-refractivity contribution in [3.8, 4) is 22.8 Å². The van der Waals surface area contributed by atoms with Crippen molar-refractivity contribution in [2.75, 3.05) is 7.11 Å². The third-order valence-corrected chi connectivity index (χ3v) is 6.09. The van der Waals surface area contributed by atoms with Crippen LogP contribution in [0.2, 0.25) is 0 Å². The molecule has 0 aliphatic rings. The van der Waals surface area contributed by atoms with E-state index in [4.69, 9.17) is 9.72 Å². The molecule has 0 saturated carbocycles. The summed E-state index contributed by atoms with van der Waals surface area (Å²) in [5.74, 6) is 1.95. The van der Waals surface area contributed by atoms with Crippen molar-refractivity contribution in [1.82, 2.24) is 9.55 Å². The lowest BCUT2D eigenvalue weighted by Crippen LogP contribution is -2.22. The van der Waals surface area contributed by atoms with E-state index in [-0.39, 0.29) is 5.56 Å². The van der Waals surface area contributed by atoms with Crippen LogP contribution >= 0.6 is 0 Å². The third-order valence-electron chi connectivity index (χ3n) is 6.09. The summed E-state index contributed by atoms with van der Waals surface area (Å²) < 4.78 is 7.22. The van der Waals surface area contributed by atoms with Gasteiger partial charge in [-0.3, -0.25) is 9.36 Å². The van der Waals surface area contributed by atoms with E-state index in [0.717, 1.165) is 34.5 Å². The minimum Gasteiger partial charge on any atom is -0.496 e. The van der Waals surface area contributed by atoms with Crippen LogP contribution in [0, 0.1) is 13.8 Å². The zero-order chi connectivity index (χ0) is 22.1. The average molecular weight is 413 g/mol. The zero-order valence-electron chi connectivity index (χ0n) is 18.8. The number of benzene rings is 3. The molecule has 1 heterocycles. The number of hydrogen-bond acceptors (Lipinski definition) is 3. The molecule has 3 aromatic carbocycles. The molecule has 0 N–H and O–H groups in total. The number of fused-ring (bicyclic) bond motifs is 1.